The molecule has 10 heteroatoms. The number of fused-ring (bicyclic) bond motifs is 1. The molecule has 0 saturated carbocycles. The summed E-state index contributed by atoms with van der Waals surface area (Å²) in [6.07, 6.45) is 4.36. The molecular weight excluding hydrogens is 486 g/mol. The van der Waals surface area contributed by atoms with Gasteiger partial charge >= 0.3 is 0 Å². The number of nitrogens with one attached hydrogen (secondary N) is 1. The number of nitrogens with two attached hydrogens (primary N) is 1. The summed E-state index contributed by atoms with van der Waals surface area (Å²) >= 11 is 0. The van der Waals surface area contributed by atoms with Crippen molar-refractivity contribution in [3.63, 3.8) is 0 Å². The molecular formula is C28H27N5O5. The fraction of sp³-hybridized carbons (Fsp3) is 0.214. The highest BCUT2D eigenvalue weighted by Gasteiger charge is 2.20. The quantitative estimate of drug-likeness (QED) is 0.295. The molecule has 10 nitrogen and oxygen atoms in total. The lowest BCUT2D eigenvalue weighted by molar-refractivity contribution is -0.127. The summed E-state index contributed by atoms with van der Waals surface area (Å²) in [5, 5.41) is 7.44. The van der Waals surface area contributed by atoms with E-state index < -0.39 is 11.9 Å². The van der Waals surface area contributed by atoms with Gasteiger partial charge < -0.3 is 25.3 Å². The first-order valence-electron chi connectivity index (χ1n) is 12.2. The molecule has 2 aromatic heterocycles. The second-order valence-corrected chi connectivity index (χ2v) is 8.72. The van der Waals surface area contributed by atoms with E-state index in [2.05, 4.69) is 10.3 Å². The molecule has 0 spiro atoms. The van der Waals surface area contributed by atoms with Crippen LogP contribution in [0, 0.1) is 0 Å². The summed E-state index contributed by atoms with van der Waals surface area (Å²) < 4.78 is 18.6. The number of pyridine rings is 1. The molecule has 4 aromatic rings. The van der Waals surface area contributed by atoms with E-state index in [4.69, 9.17) is 25.0 Å². The number of carbonyl (C=O) groups excluding carboxylic acids is 2. The highest BCUT2D eigenvalue weighted by atomic mass is 16.7. The van der Waals surface area contributed by atoms with Gasteiger partial charge in [-0.15, -0.1) is 0 Å². The van der Waals surface area contributed by atoms with Crippen LogP contribution in [0.15, 0.2) is 79.1 Å². The summed E-state index contributed by atoms with van der Waals surface area (Å²) in [7, 11) is 0. The lowest BCUT2D eigenvalue weighted by atomic mass is 10.1. The first-order valence-corrected chi connectivity index (χ1v) is 12.2. The van der Waals surface area contributed by atoms with Crippen LogP contribution in [-0.2, 0) is 16.0 Å². The van der Waals surface area contributed by atoms with Gasteiger partial charge in [0.15, 0.2) is 11.5 Å². The third-order valence-electron chi connectivity index (χ3n) is 5.99. The number of hydrogen-bond acceptors (Lipinski definition) is 7. The number of aromatic nitrogens is 3. The van der Waals surface area contributed by atoms with Gasteiger partial charge in [-0.25, -0.2) is 4.68 Å². The van der Waals surface area contributed by atoms with Crippen molar-refractivity contribution in [1.82, 2.24) is 20.1 Å². The monoisotopic (exact) mass is 513 g/mol. The molecule has 1 unspecified atom stereocenters. The van der Waals surface area contributed by atoms with Crippen molar-refractivity contribution in [3.8, 4) is 34.3 Å². The largest absolute Gasteiger partial charge is 0.478 e. The molecule has 3 heterocycles. The minimum Gasteiger partial charge on any atom is -0.478 e. The Morgan fingerprint density at radius 1 is 1.05 bits per heavy atom. The molecule has 1 aliphatic heterocycles. The van der Waals surface area contributed by atoms with Gasteiger partial charge in [-0.3, -0.25) is 14.6 Å². The molecule has 2 aromatic carbocycles. The van der Waals surface area contributed by atoms with E-state index in [1.807, 2.05) is 66.7 Å². The van der Waals surface area contributed by atoms with E-state index in [0.29, 0.717) is 35.9 Å². The molecule has 38 heavy (non-hydrogen) atoms. The van der Waals surface area contributed by atoms with E-state index in [0.717, 1.165) is 16.8 Å². The Morgan fingerprint density at radius 3 is 2.68 bits per heavy atom. The zero-order valence-corrected chi connectivity index (χ0v) is 20.6. The van der Waals surface area contributed by atoms with Crippen LogP contribution in [0.25, 0.3) is 16.9 Å². The Hall–Kier alpha value is -4.86. The van der Waals surface area contributed by atoms with Crippen molar-refractivity contribution in [2.24, 2.45) is 5.73 Å². The second kappa shape index (κ2) is 11.5. The van der Waals surface area contributed by atoms with Gasteiger partial charge in [0.05, 0.1) is 18.0 Å². The standard InChI is InChI=1S/C28H27N5O5/c29-28(35)23(14-19-6-2-1-3-7-19)31-26(34)9-5-13-36-27-16-22(20-8-4-12-30-17-20)32-33(27)21-10-11-24-25(15-21)38-18-37-24/h1-4,6-8,10-12,15-17,23H,5,9,13-14,18H2,(H2,29,35)(H,31,34). The van der Waals surface area contributed by atoms with Crippen LogP contribution in [0.2, 0.25) is 0 Å². The van der Waals surface area contributed by atoms with E-state index in [9.17, 15) is 9.59 Å². The van der Waals surface area contributed by atoms with Crippen LogP contribution in [0.1, 0.15) is 18.4 Å². The van der Waals surface area contributed by atoms with Gasteiger partial charge in [0.25, 0.3) is 0 Å². The topological polar surface area (TPSA) is 131 Å². The summed E-state index contributed by atoms with van der Waals surface area (Å²) in [6.45, 7) is 0.433. The molecule has 0 aliphatic carbocycles. The Balaban J connectivity index is 1.23. The number of carbonyl (C=O) groups is 2. The highest BCUT2D eigenvalue weighted by molar-refractivity contribution is 5.86. The highest BCUT2D eigenvalue weighted by Crippen LogP contribution is 2.35. The van der Waals surface area contributed by atoms with Crippen LogP contribution in [0.4, 0.5) is 0 Å². The van der Waals surface area contributed by atoms with Crippen LogP contribution < -0.4 is 25.3 Å². The maximum absolute atomic E-state index is 12.5. The average Bonchev–Trinajstić information content (AvgIpc) is 3.58. The second-order valence-electron chi connectivity index (χ2n) is 8.72. The van der Waals surface area contributed by atoms with Gasteiger partial charge in [-0.05, 0) is 36.2 Å². The molecule has 0 fully saturated rings. The number of amides is 2. The number of benzene rings is 2. The Labute approximate surface area is 219 Å². The van der Waals surface area contributed by atoms with Crippen molar-refractivity contribution < 1.29 is 23.8 Å². The van der Waals surface area contributed by atoms with Crippen LogP contribution in [-0.4, -0.2) is 46.0 Å². The molecule has 194 valence electrons. The molecule has 3 N–H and O–H groups in total. The zero-order chi connectivity index (χ0) is 26.3. The third-order valence-corrected chi connectivity index (χ3v) is 5.99. The molecule has 0 bridgehead atoms. The van der Waals surface area contributed by atoms with Gasteiger partial charge in [0.2, 0.25) is 24.5 Å². The maximum atomic E-state index is 12.5. The van der Waals surface area contributed by atoms with E-state index in [-0.39, 0.29) is 25.7 Å². The number of primary amides is 1. The van der Waals surface area contributed by atoms with Crippen molar-refractivity contribution >= 4 is 11.8 Å². The normalized spacial score (nSPS) is 12.6. The van der Waals surface area contributed by atoms with Crippen molar-refractivity contribution in [3.05, 3.63) is 84.7 Å². The van der Waals surface area contributed by atoms with Gasteiger partial charge in [0, 0.05) is 42.9 Å². The van der Waals surface area contributed by atoms with E-state index in [1.54, 1.807) is 17.1 Å². The number of rotatable bonds is 11. The predicted molar refractivity (Wildman–Crippen MR) is 139 cm³/mol. The molecule has 2 amide bonds. The van der Waals surface area contributed by atoms with Gasteiger partial charge in [-0.1, -0.05) is 30.3 Å². The first kappa shape index (κ1) is 24.8. The van der Waals surface area contributed by atoms with Crippen LogP contribution in [0.3, 0.4) is 0 Å². The molecule has 1 atom stereocenters. The fourth-order valence-electron chi connectivity index (χ4n) is 4.07. The SMILES string of the molecule is NC(=O)C(Cc1ccccc1)NC(=O)CCCOc1cc(-c2cccnc2)nn1-c1ccc2c(c1)OCO2. The van der Waals surface area contributed by atoms with E-state index in [1.165, 1.54) is 0 Å². The lowest BCUT2D eigenvalue weighted by Gasteiger charge is -2.16. The molecule has 0 radical (unpaired) electrons. The molecule has 5 rings (SSSR count). The Bertz CT molecular complexity index is 1410. The minimum absolute atomic E-state index is 0.173. The molecule has 0 saturated heterocycles. The summed E-state index contributed by atoms with van der Waals surface area (Å²) in [5.41, 5.74) is 8.70. The minimum atomic E-state index is -0.778. The molecule has 1 aliphatic rings. The number of ether oxygens (including phenoxy) is 3. The van der Waals surface area contributed by atoms with Gasteiger partial charge in [0.1, 0.15) is 6.04 Å². The van der Waals surface area contributed by atoms with Crippen molar-refractivity contribution in [2.45, 2.75) is 25.3 Å². The maximum Gasteiger partial charge on any atom is 0.240 e. The lowest BCUT2D eigenvalue weighted by Crippen LogP contribution is -2.45. The van der Waals surface area contributed by atoms with Crippen molar-refractivity contribution in [2.75, 3.05) is 13.4 Å². The number of nitrogens with zero attached hydrogens (tertiary/aromatic N) is 3. The smallest absolute Gasteiger partial charge is 0.240 e. The Kier molecular flexibility index (Phi) is 7.49. The fourth-order valence-corrected chi connectivity index (χ4v) is 4.07. The third kappa shape index (κ3) is 5.92. The Morgan fingerprint density at radius 2 is 1.89 bits per heavy atom. The summed E-state index contributed by atoms with van der Waals surface area (Å²) in [6, 6.07) is 19.7. The van der Waals surface area contributed by atoms with Crippen LogP contribution >= 0.6 is 0 Å². The van der Waals surface area contributed by atoms with E-state index >= 15 is 0 Å². The predicted octanol–water partition coefficient (Wildman–Crippen LogP) is 3.03. The van der Waals surface area contributed by atoms with Crippen LogP contribution in [0.5, 0.6) is 17.4 Å². The average molecular weight is 514 g/mol. The van der Waals surface area contributed by atoms with Gasteiger partial charge in [-0.2, -0.15) is 5.10 Å². The zero-order valence-electron chi connectivity index (χ0n) is 20.6. The van der Waals surface area contributed by atoms with Crippen molar-refractivity contribution in [1.29, 1.82) is 0 Å². The first-order chi connectivity index (χ1) is 18.6. The summed E-state index contributed by atoms with van der Waals surface area (Å²) in [4.78, 5) is 28.6. The number of hydrogen-bond donors (Lipinski definition) is 2. The summed E-state index contributed by atoms with van der Waals surface area (Å²) in [5.74, 6) is 0.955.